The third-order valence-electron chi connectivity index (χ3n) is 43.5. The van der Waals surface area contributed by atoms with Crippen LogP contribution in [0.5, 0.6) is 0 Å². The zero-order valence-electron chi connectivity index (χ0n) is 93.0. The van der Waals surface area contributed by atoms with E-state index in [1.807, 2.05) is 118 Å². The molecular formula is C118H180O28. The van der Waals surface area contributed by atoms with Crippen LogP contribution in [0.2, 0.25) is 0 Å². The second-order valence-corrected chi connectivity index (χ2v) is 55.2. The molecule has 0 spiro atoms. The van der Waals surface area contributed by atoms with Crippen LogP contribution in [0, 0.1) is 192 Å². The minimum atomic E-state index is -0.593. The molecule has 0 aromatic heterocycles. The molecule has 22 bridgehead atoms. The van der Waals surface area contributed by atoms with Crippen molar-refractivity contribution < 1.29 is 134 Å². The van der Waals surface area contributed by atoms with Crippen molar-refractivity contribution in [1.29, 1.82) is 0 Å². The van der Waals surface area contributed by atoms with E-state index in [4.69, 9.17) is 61.6 Å². The first-order chi connectivity index (χ1) is 68.2. The number of aliphatic hydroxyl groups is 2. The van der Waals surface area contributed by atoms with E-state index in [-0.39, 0.29) is 146 Å². The molecule has 25 rings (SSSR count). The lowest BCUT2D eigenvalue weighted by atomic mass is 9.46. The average Bonchev–Trinajstić information content (AvgIpc) is 1.53. The first kappa shape index (κ1) is 112. The van der Waals surface area contributed by atoms with Crippen molar-refractivity contribution in [2.24, 2.45) is 192 Å². The number of carbonyl (C=O) groups is 13. The summed E-state index contributed by atoms with van der Waals surface area (Å²) in [6.45, 7) is 45.5. The van der Waals surface area contributed by atoms with E-state index in [1.165, 1.54) is 98.4 Å². The van der Waals surface area contributed by atoms with Crippen molar-refractivity contribution in [3.63, 3.8) is 0 Å². The molecule has 22 aliphatic carbocycles. The minimum Gasteiger partial charge on any atom is -0.469 e. The summed E-state index contributed by atoms with van der Waals surface area (Å²) < 4.78 is 72.0. The molecule has 0 aromatic carbocycles. The number of carbonyl (C=O) groups excluding carboxylic acids is 13. The van der Waals surface area contributed by atoms with Gasteiger partial charge in [-0.3, -0.25) is 62.3 Å². The number of hydrogen-bond donors (Lipinski definition) is 2. The molecule has 28 heteroatoms. The van der Waals surface area contributed by atoms with Crippen LogP contribution in [0.15, 0.2) is 0 Å². The highest BCUT2D eigenvalue weighted by Gasteiger charge is 2.75. The van der Waals surface area contributed by atoms with Gasteiger partial charge in [-0.2, -0.15) is 0 Å². The first-order valence-electron chi connectivity index (χ1n) is 57.1. The largest absolute Gasteiger partial charge is 0.469 e. The molecule has 2 N–H and O–H groups in total. The van der Waals surface area contributed by atoms with Gasteiger partial charge in [-0.25, -0.2) is 0 Å². The Morgan fingerprint density at radius 1 is 0.356 bits per heavy atom. The first-order valence-corrected chi connectivity index (χ1v) is 57.1. The Morgan fingerprint density at radius 3 is 0.993 bits per heavy atom. The molecule has 0 amide bonds. The lowest BCUT2D eigenvalue weighted by molar-refractivity contribution is -0.226. The number of rotatable bonds is 26. The maximum Gasteiger partial charge on any atom is 0.312 e. The van der Waals surface area contributed by atoms with Crippen molar-refractivity contribution in [2.75, 3.05) is 21.3 Å². The fourth-order valence-electron chi connectivity index (χ4n) is 33.8. The second-order valence-electron chi connectivity index (χ2n) is 55.2. The standard InChI is InChI=1S/C20H32O2.C19H32O2.2C16H22O6.2C16H26O3.C15H20O6/c1-5-19(3,4)18(21)22-20(6-2)11-14-10-15(20)17-13-8-7-12(9-13)16(14)17;1-6-17(2,3)16(20)21-18(4,5)19-10-13-7-14(11-19)9-15(8-13)12-19;2*1-5-16(2,3)15(19)22-12-7-6-8-10(9(7)13(17)20-4)14(18)21-11(8)12;2*1-4-14(2,3)13(17)19-16-8-11-5-12(9-16)7-15(18,6-11)10-16;1-4-6(2)13(16)20-11-7-5-8-10(9(7)14(17)19-3)15(18)21-12(8)11/h12-17H,5-11H2,1-4H3;13-15H,6-12H2,1-5H3;2*7-12H,5-6H2,1-4H3;2*11-12,18H,4-10H2,1-3H3;6-12H,4-5H2,1-3H3. The van der Waals surface area contributed by atoms with Gasteiger partial charge in [0.15, 0.2) is 0 Å². The van der Waals surface area contributed by atoms with Gasteiger partial charge in [-0.05, 0) is 373 Å². The average molecular weight is 2050 g/mol. The maximum absolute atomic E-state index is 12.7. The van der Waals surface area contributed by atoms with Gasteiger partial charge < -0.3 is 71.8 Å². The molecule has 3 heterocycles. The summed E-state index contributed by atoms with van der Waals surface area (Å²) in [4.78, 5) is 159. The smallest absolute Gasteiger partial charge is 0.312 e. The molecule has 0 aromatic rings. The fourth-order valence-corrected chi connectivity index (χ4v) is 33.8. The Bertz CT molecular complexity index is 4700. The number of esters is 13. The lowest BCUT2D eigenvalue weighted by Gasteiger charge is -2.61. The van der Waals surface area contributed by atoms with Gasteiger partial charge in [0.2, 0.25) is 0 Å². The molecule has 25 aliphatic rings. The third kappa shape index (κ3) is 20.2. The molecule has 28 nitrogen and oxygen atoms in total. The van der Waals surface area contributed by atoms with E-state index in [0.29, 0.717) is 81.0 Å². The summed E-state index contributed by atoms with van der Waals surface area (Å²) in [5, 5.41) is 21.3. The predicted molar refractivity (Wildman–Crippen MR) is 536 cm³/mol. The van der Waals surface area contributed by atoms with Crippen LogP contribution in [-0.4, -0.2) is 179 Å². The van der Waals surface area contributed by atoms with Crippen molar-refractivity contribution in [3.8, 4) is 0 Å². The molecule has 22 saturated carbocycles. The van der Waals surface area contributed by atoms with Crippen LogP contribution in [0.1, 0.15) is 378 Å². The summed E-state index contributed by atoms with van der Waals surface area (Å²) >= 11 is 0. The predicted octanol–water partition coefficient (Wildman–Crippen LogP) is 19.4. The van der Waals surface area contributed by atoms with Crippen molar-refractivity contribution >= 4 is 77.6 Å². The van der Waals surface area contributed by atoms with E-state index < -0.39 is 117 Å². The minimum absolute atomic E-state index is 0.00857. The van der Waals surface area contributed by atoms with Gasteiger partial charge in [0, 0.05) is 59.7 Å². The second kappa shape index (κ2) is 40.5. The summed E-state index contributed by atoms with van der Waals surface area (Å²) in [6, 6.07) is 0. The Kier molecular flexibility index (Phi) is 31.0. The van der Waals surface area contributed by atoms with Crippen LogP contribution < -0.4 is 0 Å². The van der Waals surface area contributed by atoms with E-state index in [9.17, 15) is 72.5 Å². The van der Waals surface area contributed by atoms with Gasteiger partial charge >= 0.3 is 77.6 Å². The van der Waals surface area contributed by atoms with E-state index >= 15 is 0 Å². The SMILES string of the molecule is CCC(C)(C)C(=O)OC(C)(C)C12CC3CC(CC(C3)C1)C2.CCC(C)(C)C(=O)OC1(CC)CC2CC1C1C3CCC(C3)C21.CCC(C)(C)C(=O)OC12CC3CC(CC(O)(C3)C1)C2.CCC(C)(C)C(=O)OC12CC3CC(CC(O)(C3)C1)C2.CCC(C)(C)C(=O)OC1C2CC3C1OC(=O)C3C2C(=O)OC.CCC(C)(C)C(=O)OC1C2CC3C1OC(=O)C3C2C(=O)OC.CCC(C)C(=O)OC1C2CC3C1OC(=O)C3C2C(=O)OC. The van der Waals surface area contributed by atoms with Crippen molar-refractivity contribution in [3.05, 3.63) is 0 Å². The Balaban J connectivity index is 0.000000122. The zero-order valence-corrected chi connectivity index (χ0v) is 93.0. The molecule has 146 heavy (non-hydrogen) atoms. The topological polar surface area (TPSA) is 382 Å². The lowest BCUT2D eigenvalue weighted by Crippen LogP contribution is -2.61. The molecule has 3 saturated heterocycles. The van der Waals surface area contributed by atoms with Crippen molar-refractivity contribution in [1.82, 2.24) is 0 Å². The summed E-state index contributed by atoms with van der Waals surface area (Å²) in [5.74, 6) is 3.16. The van der Waals surface area contributed by atoms with Gasteiger partial charge in [0.05, 0.1) is 106 Å². The number of fused-ring (bicyclic) bond motifs is 12. The highest BCUT2D eigenvalue weighted by molar-refractivity contribution is 5.89. The summed E-state index contributed by atoms with van der Waals surface area (Å²) in [7, 11) is 3.94. The molecule has 0 radical (unpaired) electrons. The fraction of sp³-hybridized carbons (Fsp3) is 0.890. The highest BCUT2D eigenvalue weighted by Crippen LogP contribution is 2.73. The third-order valence-corrected chi connectivity index (χ3v) is 43.5. The van der Waals surface area contributed by atoms with Crippen LogP contribution in [0.25, 0.3) is 0 Å². The zero-order chi connectivity index (χ0) is 107. The van der Waals surface area contributed by atoms with Gasteiger partial charge in [-0.15, -0.1) is 0 Å². The van der Waals surface area contributed by atoms with E-state index in [0.717, 1.165) is 137 Å². The Morgan fingerprint density at radius 2 is 0.671 bits per heavy atom. The number of hydrogen-bond acceptors (Lipinski definition) is 28. The molecule has 25 fully saturated rings. The van der Waals surface area contributed by atoms with Crippen LogP contribution in [0.3, 0.4) is 0 Å². The van der Waals surface area contributed by atoms with E-state index in [1.54, 1.807) is 6.92 Å². The normalized spacial score (nSPS) is 42.0. The Labute approximate surface area is 868 Å². The van der Waals surface area contributed by atoms with Crippen LogP contribution in [-0.2, 0) is 124 Å². The molecule has 3 aliphatic heterocycles. The number of ether oxygens (including phenoxy) is 13. The van der Waals surface area contributed by atoms with Crippen molar-refractivity contribution in [2.45, 2.75) is 448 Å². The van der Waals surface area contributed by atoms with Gasteiger partial charge in [0.1, 0.15) is 59.0 Å². The summed E-state index contributed by atoms with van der Waals surface area (Å²) in [6.07, 6.45) is 31.9. The van der Waals surface area contributed by atoms with Gasteiger partial charge in [-0.1, -0.05) is 62.3 Å². The quantitative estimate of drug-likeness (QED) is 0.0461. The molecule has 30 atom stereocenters. The van der Waals surface area contributed by atoms with Crippen LogP contribution in [0.4, 0.5) is 0 Å². The highest BCUT2D eigenvalue weighted by atomic mass is 16.6. The van der Waals surface area contributed by atoms with Gasteiger partial charge in [0.25, 0.3) is 0 Å². The summed E-state index contributed by atoms with van der Waals surface area (Å²) in [5.41, 5.74) is -4.72. The van der Waals surface area contributed by atoms with Crippen LogP contribution >= 0.6 is 0 Å². The molecule has 820 valence electrons. The molecule has 30 unspecified atom stereocenters. The van der Waals surface area contributed by atoms with E-state index in [2.05, 4.69) is 34.6 Å². The maximum atomic E-state index is 12.7. The monoisotopic (exact) mass is 2050 g/mol. The Hall–Kier alpha value is -6.97. The molecular weight excluding hydrogens is 1870 g/mol. The number of methoxy groups -OCH3 is 3.